The summed E-state index contributed by atoms with van der Waals surface area (Å²) < 4.78 is 38.4. The van der Waals surface area contributed by atoms with Gasteiger partial charge in [-0.1, -0.05) is 13.8 Å². The number of methoxy groups -OCH3 is 2. The van der Waals surface area contributed by atoms with Crippen LogP contribution >= 0.6 is 0 Å². The molecular weight excluding hydrogens is 494 g/mol. The first kappa shape index (κ1) is 25.7. The highest BCUT2D eigenvalue weighted by molar-refractivity contribution is 5.67. The lowest BCUT2D eigenvalue weighted by Gasteiger charge is -2.71. The molecule has 3 spiro atoms. The Morgan fingerprint density at radius 3 is 2.42 bits per heavy atom. The lowest BCUT2D eigenvalue weighted by Crippen LogP contribution is -2.85. The van der Waals surface area contributed by atoms with Gasteiger partial charge in [0.15, 0.2) is 5.60 Å². The third kappa shape index (κ3) is 2.42. The van der Waals surface area contributed by atoms with Gasteiger partial charge in [0.25, 0.3) is 0 Å². The highest BCUT2D eigenvalue weighted by Gasteiger charge is 2.97. The van der Waals surface area contributed by atoms with Crippen LogP contribution < -0.4 is 0 Å². The summed E-state index contributed by atoms with van der Waals surface area (Å²) in [4.78, 5) is 27.6. The van der Waals surface area contributed by atoms with Crippen LogP contribution in [0.1, 0.15) is 53.4 Å². The molecule has 5 saturated carbocycles. The van der Waals surface area contributed by atoms with Crippen molar-refractivity contribution in [3.05, 3.63) is 0 Å². The first-order chi connectivity index (χ1) is 18.0. The minimum atomic E-state index is -1.29. The van der Waals surface area contributed by atoms with Gasteiger partial charge in [-0.05, 0) is 31.2 Å². The van der Waals surface area contributed by atoms with E-state index in [-0.39, 0.29) is 48.1 Å². The molecule has 0 amide bonds. The first-order valence-electron chi connectivity index (χ1n) is 14.2. The molecule has 2 aliphatic heterocycles. The largest absolute Gasteiger partial charge is 0.462 e. The van der Waals surface area contributed by atoms with Gasteiger partial charge in [0.2, 0.25) is 0 Å². The smallest absolute Gasteiger partial charge is 0.303 e. The molecule has 13 unspecified atom stereocenters. The molecule has 7 bridgehead atoms. The van der Waals surface area contributed by atoms with Crippen LogP contribution in [0, 0.1) is 28.6 Å². The van der Waals surface area contributed by atoms with Gasteiger partial charge < -0.3 is 33.5 Å². The maximum absolute atomic E-state index is 13.5. The molecule has 1 N–H and O–H groups in total. The van der Waals surface area contributed by atoms with E-state index in [1.807, 2.05) is 0 Å². The van der Waals surface area contributed by atoms with Crippen molar-refractivity contribution in [2.75, 3.05) is 34.1 Å². The Labute approximate surface area is 223 Å². The van der Waals surface area contributed by atoms with E-state index in [1.165, 1.54) is 13.8 Å². The van der Waals surface area contributed by atoms with Crippen molar-refractivity contribution >= 4 is 11.9 Å². The van der Waals surface area contributed by atoms with Crippen molar-refractivity contribution in [2.24, 2.45) is 28.6 Å². The predicted octanol–water partition coefficient (Wildman–Crippen LogP) is 1.27. The second kappa shape index (κ2) is 7.70. The lowest BCUT2D eigenvalue weighted by atomic mass is 9.41. The van der Waals surface area contributed by atoms with Crippen molar-refractivity contribution in [1.29, 1.82) is 0 Å². The number of hydrogen-bond donors (Lipinski definition) is 1. The normalized spacial score (nSPS) is 57.4. The SMILES string of the molecule is CCN1CC2(C)CCC(OC)C34C2C(OC(C)=O)C2(OCOC25CC(OC(C)=O)C2CC3(O)C5C2OC)C14. The fourth-order valence-corrected chi connectivity index (χ4v) is 11.8. The molecule has 10 heteroatoms. The number of nitrogens with zero attached hydrogens (tertiary/aromatic N) is 1. The van der Waals surface area contributed by atoms with Crippen LogP contribution in [0.15, 0.2) is 0 Å². The molecule has 0 aromatic heterocycles. The van der Waals surface area contributed by atoms with E-state index in [2.05, 4.69) is 18.7 Å². The minimum absolute atomic E-state index is 0.00343. The quantitative estimate of drug-likeness (QED) is 0.517. The van der Waals surface area contributed by atoms with Gasteiger partial charge in [0.1, 0.15) is 24.6 Å². The van der Waals surface area contributed by atoms with Gasteiger partial charge in [-0.2, -0.15) is 0 Å². The number of fused-ring (bicyclic) bond motifs is 1. The minimum Gasteiger partial charge on any atom is -0.462 e. The van der Waals surface area contributed by atoms with Crippen LogP contribution in [0.5, 0.6) is 0 Å². The molecule has 10 nitrogen and oxygen atoms in total. The fourth-order valence-electron chi connectivity index (χ4n) is 11.8. The van der Waals surface area contributed by atoms with Crippen molar-refractivity contribution < 1.29 is 43.1 Å². The van der Waals surface area contributed by atoms with Crippen LogP contribution in [0.4, 0.5) is 0 Å². The average Bonchev–Trinajstić information content (AvgIpc) is 3.41. The molecule has 2 saturated heterocycles. The summed E-state index contributed by atoms with van der Waals surface area (Å²) in [5.41, 5.74) is -4.51. The maximum Gasteiger partial charge on any atom is 0.303 e. The standard InChI is InChI=1S/C28H41NO9/c1-7-29-12-24(4)9-8-18(33-5)27-21(24)22(38-15(3)31)28(23(27)29)26(35-13-36-28)11-17(37-14(2)30)16-10-25(27,32)20(26)19(16)34-6/h16-23,32H,7-13H2,1-6H3. The Hall–Kier alpha value is -1.30. The lowest BCUT2D eigenvalue weighted by molar-refractivity contribution is -0.332. The summed E-state index contributed by atoms with van der Waals surface area (Å²) in [6.07, 6.45) is 0.531. The number of piperidine rings is 1. The van der Waals surface area contributed by atoms with E-state index in [0.29, 0.717) is 12.8 Å². The third-order valence-electron chi connectivity index (χ3n) is 12.2. The number of ether oxygens (including phenoxy) is 6. The number of aliphatic hydroxyl groups is 1. The molecule has 0 aromatic rings. The second-order valence-electron chi connectivity index (χ2n) is 13.2. The number of likely N-dealkylation sites (N-methyl/N-ethyl adjacent to an activating group) is 1. The number of hydrogen-bond acceptors (Lipinski definition) is 10. The zero-order chi connectivity index (χ0) is 27.0. The van der Waals surface area contributed by atoms with Crippen LogP contribution in [0.2, 0.25) is 0 Å². The van der Waals surface area contributed by atoms with Crippen LogP contribution in [0.25, 0.3) is 0 Å². The fraction of sp³-hybridized carbons (Fsp3) is 0.929. The Kier molecular flexibility index (Phi) is 5.20. The van der Waals surface area contributed by atoms with Gasteiger partial charge in [-0.15, -0.1) is 0 Å². The summed E-state index contributed by atoms with van der Waals surface area (Å²) in [6.45, 7) is 8.82. The molecule has 0 aromatic carbocycles. The van der Waals surface area contributed by atoms with Crippen LogP contribution in [0.3, 0.4) is 0 Å². The molecule has 7 fully saturated rings. The highest BCUT2D eigenvalue weighted by Crippen LogP contribution is 2.83. The van der Waals surface area contributed by atoms with Crippen LogP contribution in [-0.2, 0) is 38.0 Å². The average molecular weight is 536 g/mol. The van der Waals surface area contributed by atoms with Gasteiger partial charge in [-0.3, -0.25) is 14.5 Å². The molecule has 5 aliphatic carbocycles. The number of carbonyl (C=O) groups excluding carboxylic acids is 2. The maximum atomic E-state index is 13.5. The highest BCUT2D eigenvalue weighted by atomic mass is 16.7. The topological polar surface area (TPSA) is 113 Å². The summed E-state index contributed by atoms with van der Waals surface area (Å²) in [6, 6.07) is -0.316. The Morgan fingerprint density at radius 1 is 1.05 bits per heavy atom. The molecule has 13 atom stereocenters. The number of carbonyl (C=O) groups is 2. The summed E-state index contributed by atoms with van der Waals surface area (Å²) >= 11 is 0. The molecule has 7 rings (SSSR count). The van der Waals surface area contributed by atoms with Gasteiger partial charge >= 0.3 is 11.9 Å². The van der Waals surface area contributed by atoms with E-state index < -0.39 is 46.4 Å². The monoisotopic (exact) mass is 535 g/mol. The molecule has 2 heterocycles. The van der Waals surface area contributed by atoms with Gasteiger partial charge in [-0.25, -0.2) is 0 Å². The molecule has 212 valence electrons. The molecular formula is C28H41NO9. The van der Waals surface area contributed by atoms with Crippen LogP contribution in [-0.4, -0.2) is 103 Å². The zero-order valence-electron chi connectivity index (χ0n) is 23.2. The van der Waals surface area contributed by atoms with E-state index in [4.69, 9.17) is 28.4 Å². The number of esters is 2. The molecule has 7 aliphatic rings. The second-order valence-corrected chi connectivity index (χ2v) is 13.2. The zero-order valence-corrected chi connectivity index (χ0v) is 23.2. The van der Waals surface area contributed by atoms with E-state index in [9.17, 15) is 14.7 Å². The number of rotatable bonds is 5. The van der Waals surface area contributed by atoms with E-state index >= 15 is 0 Å². The Balaban J connectivity index is 1.59. The van der Waals surface area contributed by atoms with Crippen molar-refractivity contribution in [2.45, 2.75) is 101 Å². The van der Waals surface area contributed by atoms with Gasteiger partial charge in [0.05, 0.1) is 29.3 Å². The first-order valence-corrected chi connectivity index (χ1v) is 14.2. The molecule has 0 radical (unpaired) electrons. The summed E-state index contributed by atoms with van der Waals surface area (Å²) in [7, 11) is 3.39. The predicted molar refractivity (Wildman–Crippen MR) is 131 cm³/mol. The number of likely N-dealkylation sites (tertiary alicyclic amines) is 1. The summed E-state index contributed by atoms with van der Waals surface area (Å²) in [5, 5.41) is 13.5. The third-order valence-corrected chi connectivity index (χ3v) is 12.2. The molecule has 38 heavy (non-hydrogen) atoms. The summed E-state index contributed by atoms with van der Waals surface area (Å²) in [5.74, 6) is -1.63. The van der Waals surface area contributed by atoms with E-state index in [1.54, 1.807) is 14.2 Å². The van der Waals surface area contributed by atoms with Crippen molar-refractivity contribution in [1.82, 2.24) is 4.90 Å². The van der Waals surface area contributed by atoms with E-state index in [0.717, 1.165) is 25.9 Å². The Morgan fingerprint density at radius 2 is 1.79 bits per heavy atom. The Bertz CT molecular complexity index is 1070. The van der Waals surface area contributed by atoms with Gasteiger partial charge in [0, 0.05) is 58.8 Å². The van der Waals surface area contributed by atoms with Crippen molar-refractivity contribution in [3.63, 3.8) is 0 Å². The van der Waals surface area contributed by atoms with Crippen molar-refractivity contribution in [3.8, 4) is 0 Å².